The van der Waals surface area contributed by atoms with Crippen LogP contribution in [0.5, 0.6) is 0 Å². The van der Waals surface area contributed by atoms with E-state index in [-0.39, 0.29) is 28.0 Å². The summed E-state index contributed by atoms with van der Waals surface area (Å²) >= 11 is 11.6. The summed E-state index contributed by atoms with van der Waals surface area (Å²) in [6.07, 6.45) is -5.00. The number of hydrogen-bond acceptors (Lipinski definition) is 2. The molecule has 2 N–H and O–H groups in total. The van der Waals surface area contributed by atoms with Crippen molar-refractivity contribution in [1.82, 2.24) is 0 Å². The number of alkyl halides is 3. The second-order valence-electron chi connectivity index (χ2n) is 3.38. The molecule has 0 saturated carbocycles. The van der Waals surface area contributed by atoms with Crippen LogP contribution >= 0.6 is 23.2 Å². The molecular weight excluding hydrogens is 292 g/mol. The van der Waals surface area contributed by atoms with E-state index in [1.807, 2.05) is 0 Å². The molecule has 0 unspecified atom stereocenters. The Morgan fingerprint density at radius 1 is 1.33 bits per heavy atom. The summed E-state index contributed by atoms with van der Waals surface area (Å²) in [5.74, 6) is -2.03. The standard InChI is InChI=1S/C10H9Cl2F3N2O/c1-2-17(9(18)10(13,14)15)8-6(11)3-5(16)4-7(8)12/h3-4H,2,16H2,1H3. The van der Waals surface area contributed by atoms with E-state index < -0.39 is 12.1 Å². The van der Waals surface area contributed by atoms with E-state index in [4.69, 9.17) is 28.9 Å². The fourth-order valence-electron chi connectivity index (χ4n) is 1.40. The van der Waals surface area contributed by atoms with E-state index in [0.29, 0.717) is 4.90 Å². The first-order chi connectivity index (χ1) is 8.18. The molecule has 0 aliphatic carbocycles. The number of nitrogens with two attached hydrogens (primary N) is 1. The van der Waals surface area contributed by atoms with Gasteiger partial charge in [0.1, 0.15) is 0 Å². The van der Waals surface area contributed by atoms with Gasteiger partial charge >= 0.3 is 12.1 Å². The van der Waals surface area contributed by atoms with E-state index in [1.165, 1.54) is 19.1 Å². The molecule has 0 aliphatic heterocycles. The third-order valence-corrected chi connectivity index (χ3v) is 2.69. The minimum absolute atomic E-state index is 0.112. The molecule has 0 spiro atoms. The molecular formula is C10H9Cl2F3N2O. The lowest BCUT2D eigenvalue weighted by Gasteiger charge is -2.24. The minimum atomic E-state index is -5.00. The van der Waals surface area contributed by atoms with Gasteiger partial charge in [-0.05, 0) is 19.1 Å². The Bertz CT molecular complexity index is 454. The van der Waals surface area contributed by atoms with Crippen molar-refractivity contribution < 1.29 is 18.0 Å². The molecule has 18 heavy (non-hydrogen) atoms. The van der Waals surface area contributed by atoms with Gasteiger partial charge in [0.15, 0.2) is 0 Å². The molecule has 1 aromatic carbocycles. The number of halogens is 5. The van der Waals surface area contributed by atoms with Crippen molar-refractivity contribution in [3.63, 3.8) is 0 Å². The van der Waals surface area contributed by atoms with Gasteiger partial charge in [-0.1, -0.05) is 23.2 Å². The zero-order valence-corrected chi connectivity index (χ0v) is 10.7. The number of anilines is 2. The summed E-state index contributed by atoms with van der Waals surface area (Å²) in [6, 6.07) is 2.46. The van der Waals surface area contributed by atoms with Crippen molar-refractivity contribution in [2.45, 2.75) is 13.1 Å². The Labute approximate surface area is 111 Å². The maximum atomic E-state index is 12.4. The topological polar surface area (TPSA) is 46.3 Å². The lowest BCUT2D eigenvalue weighted by atomic mass is 10.2. The van der Waals surface area contributed by atoms with Crippen LogP contribution in [0.2, 0.25) is 10.0 Å². The summed E-state index contributed by atoms with van der Waals surface area (Å²) in [5, 5.41) is -0.223. The molecule has 8 heteroatoms. The Kier molecular flexibility index (Phi) is 4.34. The average molecular weight is 301 g/mol. The molecule has 3 nitrogen and oxygen atoms in total. The normalized spacial score (nSPS) is 11.4. The molecule has 0 heterocycles. The molecule has 1 amide bonds. The zero-order chi connectivity index (χ0) is 14.1. The van der Waals surface area contributed by atoms with Gasteiger partial charge in [-0.2, -0.15) is 13.2 Å². The largest absolute Gasteiger partial charge is 0.471 e. The quantitative estimate of drug-likeness (QED) is 0.850. The molecule has 0 atom stereocenters. The number of benzene rings is 1. The van der Waals surface area contributed by atoms with Gasteiger partial charge in [-0.25, -0.2) is 0 Å². The lowest BCUT2D eigenvalue weighted by molar-refractivity contribution is -0.170. The van der Waals surface area contributed by atoms with Gasteiger partial charge in [0.25, 0.3) is 0 Å². The lowest BCUT2D eigenvalue weighted by Crippen LogP contribution is -2.41. The van der Waals surface area contributed by atoms with Crippen LogP contribution in [0.15, 0.2) is 12.1 Å². The number of carbonyl (C=O) groups is 1. The van der Waals surface area contributed by atoms with E-state index in [9.17, 15) is 18.0 Å². The van der Waals surface area contributed by atoms with Crippen LogP contribution in [0.3, 0.4) is 0 Å². The van der Waals surface area contributed by atoms with Crippen molar-refractivity contribution in [1.29, 1.82) is 0 Å². The number of hydrogen-bond donors (Lipinski definition) is 1. The number of rotatable bonds is 2. The van der Waals surface area contributed by atoms with Crippen molar-refractivity contribution in [3.05, 3.63) is 22.2 Å². The maximum absolute atomic E-state index is 12.4. The first-order valence-corrected chi connectivity index (χ1v) is 5.57. The predicted octanol–water partition coefficient (Wildman–Crippen LogP) is 3.49. The number of nitrogens with zero attached hydrogens (tertiary/aromatic N) is 1. The molecule has 0 bridgehead atoms. The van der Waals surface area contributed by atoms with Crippen LogP contribution in [0.25, 0.3) is 0 Å². The first-order valence-electron chi connectivity index (χ1n) is 4.81. The van der Waals surface area contributed by atoms with E-state index >= 15 is 0 Å². The Balaban J connectivity index is 3.30. The van der Waals surface area contributed by atoms with Crippen LogP contribution < -0.4 is 10.6 Å². The minimum Gasteiger partial charge on any atom is -0.399 e. The molecule has 1 rings (SSSR count). The van der Waals surface area contributed by atoms with Crippen molar-refractivity contribution in [3.8, 4) is 0 Å². The van der Waals surface area contributed by atoms with Crippen LogP contribution in [0, 0.1) is 0 Å². The van der Waals surface area contributed by atoms with E-state index in [1.54, 1.807) is 0 Å². The summed E-state index contributed by atoms with van der Waals surface area (Å²) in [7, 11) is 0. The highest BCUT2D eigenvalue weighted by Gasteiger charge is 2.43. The Morgan fingerprint density at radius 3 is 2.11 bits per heavy atom. The van der Waals surface area contributed by atoms with Gasteiger partial charge in [0, 0.05) is 12.2 Å². The van der Waals surface area contributed by atoms with Gasteiger partial charge in [0.05, 0.1) is 15.7 Å². The van der Waals surface area contributed by atoms with E-state index in [2.05, 4.69) is 0 Å². The smallest absolute Gasteiger partial charge is 0.399 e. The first kappa shape index (κ1) is 14.9. The summed E-state index contributed by atoms with van der Waals surface area (Å²) in [5.41, 5.74) is 5.44. The zero-order valence-electron chi connectivity index (χ0n) is 9.18. The molecule has 0 saturated heterocycles. The second kappa shape index (κ2) is 5.24. The van der Waals surface area contributed by atoms with Gasteiger partial charge in [-0.3, -0.25) is 4.79 Å². The SMILES string of the molecule is CCN(C(=O)C(F)(F)F)c1c(Cl)cc(N)cc1Cl. The van der Waals surface area contributed by atoms with Gasteiger partial charge in [-0.15, -0.1) is 0 Å². The fourth-order valence-corrected chi connectivity index (χ4v) is 2.11. The number of carbonyl (C=O) groups excluding carboxylic acids is 1. The maximum Gasteiger partial charge on any atom is 0.471 e. The fraction of sp³-hybridized carbons (Fsp3) is 0.300. The average Bonchev–Trinajstić information content (AvgIpc) is 2.20. The number of amides is 1. The molecule has 0 aromatic heterocycles. The van der Waals surface area contributed by atoms with Crippen LogP contribution in [-0.4, -0.2) is 18.6 Å². The highest BCUT2D eigenvalue weighted by Crippen LogP contribution is 2.37. The molecule has 0 aliphatic rings. The van der Waals surface area contributed by atoms with Crippen LogP contribution in [-0.2, 0) is 4.79 Å². The highest BCUT2D eigenvalue weighted by atomic mass is 35.5. The summed E-state index contributed by atoms with van der Waals surface area (Å²) < 4.78 is 37.2. The Morgan fingerprint density at radius 2 is 1.78 bits per heavy atom. The van der Waals surface area contributed by atoms with Crippen molar-refractivity contribution >= 4 is 40.5 Å². The van der Waals surface area contributed by atoms with Crippen molar-refractivity contribution in [2.24, 2.45) is 0 Å². The second-order valence-corrected chi connectivity index (χ2v) is 4.19. The Hall–Kier alpha value is -1.14. The third kappa shape index (κ3) is 3.00. The third-order valence-electron chi connectivity index (χ3n) is 2.11. The van der Waals surface area contributed by atoms with Crippen molar-refractivity contribution in [2.75, 3.05) is 17.2 Å². The molecule has 1 aromatic rings. The van der Waals surface area contributed by atoms with E-state index in [0.717, 1.165) is 0 Å². The monoisotopic (exact) mass is 300 g/mol. The molecule has 0 fully saturated rings. The summed E-state index contributed by atoms with van der Waals surface area (Å²) in [6.45, 7) is 1.16. The summed E-state index contributed by atoms with van der Waals surface area (Å²) in [4.78, 5) is 11.7. The van der Waals surface area contributed by atoms with Crippen LogP contribution in [0.1, 0.15) is 6.92 Å². The highest BCUT2D eigenvalue weighted by molar-refractivity contribution is 6.40. The van der Waals surface area contributed by atoms with Crippen LogP contribution in [0.4, 0.5) is 24.5 Å². The van der Waals surface area contributed by atoms with Gasteiger partial charge < -0.3 is 10.6 Å². The number of nitrogen functional groups attached to an aromatic ring is 1. The van der Waals surface area contributed by atoms with Gasteiger partial charge in [0.2, 0.25) is 0 Å². The molecule has 100 valence electrons. The molecule has 0 radical (unpaired) electrons. The predicted molar refractivity (Wildman–Crippen MR) is 65.0 cm³/mol.